The fourth-order valence-corrected chi connectivity index (χ4v) is 0.253. The number of carboxylic acids is 1. The van der Waals surface area contributed by atoms with Crippen LogP contribution < -0.4 is 0 Å². The molecule has 3 heteroatoms. The minimum atomic E-state index is -0.963. The predicted octanol–water partition coefficient (Wildman–Crippen LogP) is -0.158. The van der Waals surface area contributed by atoms with Gasteiger partial charge < -0.3 is 10.2 Å². The van der Waals surface area contributed by atoms with Gasteiger partial charge in [-0.1, -0.05) is 0 Å². The van der Waals surface area contributed by atoms with Gasteiger partial charge in [0, 0.05) is 0 Å². The minimum Gasteiger partial charge on any atom is -0.481 e. The maximum Gasteiger partial charge on any atom is 0.305 e. The minimum absolute atomic E-state index is 0.167. The summed E-state index contributed by atoms with van der Waals surface area (Å²) in [5.41, 5.74) is 0. The van der Waals surface area contributed by atoms with Gasteiger partial charge in [0.1, 0.15) is 0 Å². The summed E-state index contributed by atoms with van der Waals surface area (Å²) < 4.78 is 0. The van der Waals surface area contributed by atoms with Gasteiger partial charge in [-0.2, -0.15) is 0 Å². The summed E-state index contributed by atoms with van der Waals surface area (Å²) in [6, 6.07) is 0. The number of aliphatic carboxylic acids is 1. The molecule has 0 spiro atoms. The van der Waals surface area contributed by atoms with Gasteiger partial charge in [-0.3, -0.25) is 4.79 Å². The molecule has 0 aliphatic carbocycles. The summed E-state index contributed by atoms with van der Waals surface area (Å²) in [5.74, 6) is -0.963. The third kappa shape index (κ3) is 5.43. The maximum atomic E-state index is 9.65. The van der Waals surface area contributed by atoms with E-state index in [9.17, 15) is 4.79 Å². The lowest BCUT2D eigenvalue weighted by Gasteiger charge is -1.94. The molecule has 0 aromatic rings. The first-order valence-corrected chi connectivity index (χ1v) is 2.03. The van der Waals surface area contributed by atoms with Crippen LogP contribution in [0.4, 0.5) is 0 Å². The Hall–Kier alpha value is -0.570. The molecule has 0 aromatic heterocycles. The average Bonchev–Trinajstić information content (AvgIpc) is 1.27. The Bertz CT molecular complexity index is 67.3. The molecule has 0 aliphatic heterocycles. The van der Waals surface area contributed by atoms with Gasteiger partial charge in [0.2, 0.25) is 0 Å². The quantitative estimate of drug-likeness (QED) is 0.481. The molecule has 42 valence electrons. The van der Waals surface area contributed by atoms with Gasteiger partial charge in [0.15, 0.2) is 0 Å². The Kier molecular flexibility index (Phi) is 2.37. The Morgan fingerprint density at radius 1 is 1.86 bits per heavy atom. The summed E-state index contributed by atoms with van der Waals surface area (Å²) in [4.78, 5) is 9.65. The zero-order chi connectivity index (χ0) is 5.86. The molecule has 0 amide bonds. The lowest BCUT2D eigenvalue weighted by atomic mass is 10.7. The van der Waals surface area contributed by atoms with Gasteiger partial charge in [0.25, 0.3) is 0 Å². The lowest BCUT2D eigenvalue weighted by Crippen LogP contribution is -2.07. The van der Waals surface area contributed by atoms with Crippen LogP contribution in [0.2, 0.25) is 0 Å². The molecule has 0 heterocycles. The van der Waals surface area contributed by atoms with Crippen LogP contribution in [0.5, 0.6) is 0 Å². The molecular formula is C4H8O3. The number of hydrogen-bond donors (Lipinski definition) is 2. The first-order chi connectivity index (χ1) is 3.13. The number of rotatable bonds is 2. The fraction of sp³-hybridized carbons (Fsp3) is 0.750. The lowest BCUT2D eigenvalue weighted by molar-refractivity contribution is -0.138. The molecule has 0 saturated carbocycles. The smallest absolute Gasteiger partial charge is 0.305 e. The summed E-state index contributed by atoms with van der Waals surface area (Å²) in [5, 5.41) is 16.3. The summed E-state index contributed by atoms with van der Waals surface area (Å²) >= 11 is 0. The van der Waals surface area contributed by atoms with E-state index in [2.05, 4.69) is 0 Å². The molecule has 0 bridgehead atoms. The van der Waals surface area contributed by atoms with Gasteiger partial charge in [-0.25, -0.2) is 0 Å². The van der Waals surface area contributed by atoms with Crippen molar-refractivity contribution in [2.45, 2.75) is 19.4 Å². The predicted molar refractivity (Wildman–Crippen MR) is 23.9 cm³/mol. The highest BCUT2D eigenvalue weighted by Gasteiger charge is 2.00. The number of carboxylic acid groups (broad SMARTS) is 1. The van der Waals surface area contributed by atoms with Gasteiger partial charge >= 0.3 is 5.97 Å². The zero-order valence-electron chi connectivity index (χ0n) is 4.09. The van der Waals surface area contributed by atoms with Crippen LogP contribution in [0.3, 0.4) is 0 Å². The van der Waals surface area contributed by atoms with Crippen molar-refractivity contribution in [3.63, 3.8) is 0 Å². The molecule has 2 N–H and O–H groups in total. The van der Waals surface area contributed by atoms with E-state index in [1.54, 1.807) is 0 Å². The van der Waals surface area contributed by atoms with E-state index in [1.807, 2.05) is 0 Å². The SMILES string of the molecule is C[13CH](O)C[13C](=O)O. The van der Waals surface area contributed by atoms with E-state index in [4.69, 9.17) is 10.2 Å². The summed E-state index contributed by atoms with van der Waals surface area (Å²) in [7, 11) is 0. The second kappa shape index (κ2) is 2.58. The van der Waals surface area contributed by atoms with Crippen molar-refractivity contribution < 1.29 is 15.0 Å². The molecule has 0 rings (SSSR count). The Morgan fingerprint density at radius 2 is 2.29 bits per heavy atom. The van der Waals surface area contributed by atoms with Crippen LogP contribution in [-0.4, -0.2) is 22.3 Å². The molecule has 0 radical (unpaired) electrons. The van der Waals surface area contributed by atoms with E-state index >= 15 is 0 Å². The van der Waals surface area contributed by atoms with E-state index in [-0.39, 0.29) is 6.42 Å². The van der Waals surface area contributed by atoms with Crippen molar-refractivity contribution in [3.05, 3.63) is 0 Å². The third-order valence-corrected chi connectivity index (χ3v) is 0.470. The van der Waals surface area contributed by atoms with E-state index in [0.717, 1.165) is 0 Å². The molecule has 7 heavy (non-hydrogen) atoms. The second-order valence-corrected chi connectivity index (χ2v) is 1.45. The van der Waals surface area contributed by atoms with Gasteiger partial charge in [-0.05, 0) is 6.92 Å². The molecular weight excluding hydrogens is 98.0 g/mol. The van der Waals surface area contributed by atoms with Gasteiger partial charge in [-0.15, -0.1) is 0 Å². The van der Waals surface area contributed by atoms with Crippen molar-refractivity contribution in [1.82, 2.24) is 0 Å². The summed E-state index contributed by atoms with van der Waals surface area (Å²) in [6.07, 6.45) is -0.891. The molecule has 0 fully saturated rings. The third-order valence-electron chi connectivity index (χ3n) is 0.470. The van der Waals surface area contributed by atoms with E-state index < -0.39 is 12.1 Å². The van der Waals surface area contributed by atoms with E-state index in [0.29, 0.717) is 0 Å². The molecule has 3 nitrogen and oxygen atoms in total. The van der Waals surface area contributed by atoms with Crippen LogP contribution in [0, 0.1) is 0 Å². The first kappa shape index (κ1) is 6.43. The monoisotopic (exact) mass is 106 g/mol. The van der Waals surface area contributed by atoms with Crippen LogP contribution in [-0.2, 0) is 4.79 Å². The Morgan fingerprint density at radius 3 is 2.29 bits per heavy atom. The normalized spacial score (nSPS) is 13.4. The molecule has 0 aromatic carbocycles. The number of aliphatic hydroxyl groups excluding tert-OH is 1. The highest BCUT2D eigenvalue weighted by atomic mass is 16.5. The number of aliphatic hydroxyl groups is 1. The standard InChI is InChI=1S/C4H8O3/c1-3(5)2-4(6)7/h3,5H,2H2,1H3,(H,6,7)/i3+1,4+1. The van der Waals surface area contributed by atoms with Crippen molar-refractivity contribution >= 4 is 5.97 Å². The Labute approximate surface area is 41.6 Å². The first-order valence-electron chi connectivity index (χ1n) is 2.03. The number of carbonyl (C=O) groups is 1. The van der Waals surface area contributed by atoms with Crippen LogP contribution in [0.15, 0.2) is 0 Å². The van der Waals surface area contributed by atoms with Crippen molar-refractivity contribution in [2.75, 3.05) is 0 Å². The largest absolute Gasteiger partial charge is 0.481 e. The topological polar surface area (TPSA) is 57.5 Å². The van der Waals surface area contributed by atoms with Crippen molar-refractivity contribution in [3.8, 4) is 0 Å². The molecule has 1 atom stereocenters. The maximum absolute atomic E-state index is 9.65. The van der Waals surface area contributed by atoms with Crippen molar-refractivity contribution in [1.29, 1.82) is 0 Å². The average molecular weight is 106 g/mol. The number of hydrogen-bond acceptors (Lipinski definition) is 2. The van der Waals surface area contributed by atoms with Crippen LogP contribution >= 0.6 is 0 Å². The zero-order valence-corrected chi connectivity index (χ0v) is 4.09. The van der Waals surface area contributed by atoms with Crippen LogP contribution in [0.25, 0.3) is 0 Å². The highest BCUT2D eigenvalue weighted by Crippen LogP contribution is 1.85. The van der Waals surface area contributed by atoms with Crippen molar-refractivity contribution in [2.24, 2.45) is 0 Å². The van der Waals surface area contributed by atoms with E-state index in [1.165, 1.54) is 6.92 Å². The fourth-order valence-electron chi connectivity index (χ4n) is 0.253. The Balaban J connectivity index is 3.13. The second-order valence-electron chi connectivity index (χ2n) is 1.45. The molecule has 1 unspecified atom stereocenters. The molecule has 0 aliphatic rings. The van der Waals surface area contributed by atoms with Crippen LogP contribution in [0.1, 0.15) is 13.3 Å². The summed E-state index contributed by atoms with van der Waals surface area (Å²) in [6.45, 7) is 1.44. The highest BCUT2D eigenvalue weighted by molar-refractivity contribution is 5.67. The van der Waals surface area contributed by atoms with Gasteiger partial charge in [0.05, 0.1) is 12.5 Å². The molecule has 0 saturated heterocycles.